The molecule has 0 aromatic heterocycles. The van der Waals surface area contributed by atoms with Gasteiger partial charge in [0, 0.05) is 18.5 Å². The molecular weight excluding hydrogens is 452 g/mol. The van der Waals surface area contributed by atoms with Crippen molar-refractivity contribution in [1.29, 1.82) is 0 Å². The van der Waals surface area contributed by atoms with Crippen LogP contribution in [0.15, 0.2) is 65.7 Å². The van der Waals surface area contributed by atoms with E-state index in [0.717, 1.165) is 5.56 Å². The van der Waals surface area contributed by atoms with Crippen molar-refractivity contribution in [3.8, 4) is 0 Å². The smallest absolute Gasteiger partial charge is 0.326 e. The van der Waals surface area contributed by atoms with Gasteiger partial charge in [-0.3, -0.25) is 19.4 Å². The summed E-state index contributed by atoms with van der Waals surface area (Å²) in [6.45, 7) is -0.138. The van der Waals surface area contributed by atoms with Gasteiger partial charge >= 0.3 is 5.97 Å². The average molecular weight is 483 g/mol. The molecule has 0 fully saturated rings. The van der Waals surface area contributed by atoms with Crippen LogP contribution in [-0.4, -0.2) is 59.9 Å². The minimum atomic E-state index is -1.22. The van der Waals surface area contributed by atoms with Crippen molar-refractivity contribution < 1.29 is 24.3 Å². The fourth-order valence-corrected chi connectivity index (χ4v) is 3.19. The normalized spacial score (nSPS) is 12.0. The minimum Gasteiger partial charge on any atom is -0.480 e. The molecule has 35 heavy (non-hydrogen) atoms. The van der Waals surface area contributed by atoms with E-state index in [-0.39, 0.29) is 31.9 Å². The van der Waals surface area contributed by atoms with E-state index in [4.69, 9.17) is 11.5 Å². The lowest BCUT2D eigenvalue weighted by atomic mass is 10.0. The lowest BCUT2D eigenvalue weighted by Gasteiger charge is -2.22. The van der Waals surface area contributed by atoms with Gasteiger partial charge in [-0.25, -0.2) is 4.79 Å². The zero-order chi connectivity index (χ0) is 25.6. The first-order valence-corrected chi connectivity index (χ1v) is 11.0. The highest BCUT2D eigenvalue weighted by atomic mass is 16.4. The molecular formula is C24H30N6O5. The Labute approximate surface area is 203 Å². The number of carboxylic acids is 1. The fraction of sp³-hybridized carbons (Fsp3) is 0.292. The monoisotopic (exact) mass is 482 g/mol. The van der Waals surface area contributed by atoms with Crippen molar-refractivity contribution in [3.63, 3.8) is 0 Å². The Morgan fingerprint density at radius 1 is 0.886 bits per heavy atom. The summed E-state index contributed by atoms with van der Waals surface area (Å²) in [5.74, 6) is -3.01. The first-order valence-electron chi connectivity index (χ1n) is 11.0. The number of carboxylic acid groups (broad SMARTS) is 1. The van der Waals surface area contributed by atoms with Crippen LogP contribution in [-0.2, 0) is 20.8 Å². The van der Waals surface area contributed by atoms with E-state index >= 15 is 0 Å². The molecule has 8 N–H and O–H groups in total. The van der Waals surface area contributed by atoms with Gasteiger partial charge in [0.15, 0.2) is 5.96 Å². The lowest BCUT2D eigenvalue weighted by molar-refractivity contribution is -0.142. The Balaban J connectivity index is 2.02. The molecule has 0 heterocycles. The first-order chi connectivity index (χ1) is 16.8. The summed E-state index contributed by atoms with van der Waals surface area (Å²) in [6.07, 6.45) is 0.554. The minimum absolute atomic E-state index is 0.0942. The molecule has 2 aromatic carbocycles. The predicted octanol–water partition coefficient (Wildman–Crippen LogP) is -0.233. The van der Waals surface area contributed by atoms with Crippen molar-refractivity contribution in [2.24, 2.45) is 16.5 Å². The van der Waals surface area contributed by atoms with Gasteiger partial charge in [-0.1, -0.05) is 48.5 Å². The second-order valence-electron chi connectivity index (χ2n) is 7.71. The number of rotatable bonds is 13. The number of aliphatic carboxylic acids is 1. The molecule has 2 rings (SSSR count). The number of carbonyl (C=O) groups excluding carboxylic acids is 3. The van der Waals surface area contributed by atoms with Gasteiger partial charge in [-0.15, -0.1) is 0 Å². The third kappa shape index (κ3) is 9.95. The molecule has 186 valence electrons. The van der Waals surface area contributed by atoms with Gasteiger partial charge < -0.3 is 32.5 Å². The van der Waals surface area contributed by atoms with E-state index in [9.17, 15) is 24.3 Å². The fourth-order valence-electron chi connectivity index (χ4n) is 3.19. The van der Waals surface area contributed by atoms with Crippen molar-refractivity contribution in [2.75, 3.05) is 13.1 Å². The summed E-state index contributed by atoms with van der Waals surface area (Å²) < 4.78 is 0. The van der Waals surface area contributed by atoms with Gasteiger partial charge in [-0.05, 0) is 30.5 Å². The largest absolute Gasteiger partial charge is 0.480 e. The van der Waals surface area contributed by atoms with Gasteiger partial charge in [0.2, 0.25) is 11.8 Å². The first kappa shape index (κ1) is 26.8. The quantitative estimate of drug-likeness (QED) is 0.129. The van der Waals surface area contributed by atoms with Crippen LogP contribution in [0.5, 0.6) is 0 Å². The topological polar surface area (TPSA) is 189 Å². The molecule has 3 amide bonds. The Kier molecular flexibility index (Phi) is 10.7. The van der Waals surface area contributed by atoms with Gasteiger partial charge in [0.25, 0.3) is 5.91 Å². The number of aliphatic imine (C=N–C) groups is 1. The van der Waals surface area contributed by atoms with Crippen LogP contribution in [0.3, 0.4) is 0 Å². The molecule has 0 aliphatic carbocycles. The van der Waals surface area contributed by atoms with Crippen LogP contribution >= 0.6 is 0 Å². The highest BCUT2D eigenvalue weighted by molar-refractivity contribution is 5.97. The second-order valence-corrected chi connectivity index (χ2v) is 7.71. The van der Waals surface area contributed by atoms with E-state index in [2.05, 4.69) is 20.9 Å². The Morgan fingerprint density at radius 3 is 2.11 bits per heavy atom. The van der Waals surface area contributed by atoms with Crippen LogP contribution in [0.1, 0.15) is 28.8 Å². The van der Waals surface area contributed by atoms with Crippen LogP contribution in [0.4, 0.5) is 0 Å². The van der Waals surface area contributed by atoms with E-state index < -0.39 is 35.8 Å². The van der Waals surface area contributed by atoms with Crippen LogP contribution in [0, 0.1) is 0 Å². The maximum absolute atomic E-state index is 13.0. The molecule has 2 aromatic rings. The molecule has 0 unspecified atom stereocenters. The van der Waals surface area contributed by atoms with Crippen molar-refractivity contribution >= 4 is 29.7 Å². The standard InChI is InChI=1S/C24H30N6O5/c25-24(26)27-13-7-12-18(23(34)35)30-22(33)19(14-16-8-3-1-4-9-16)29-20(31)15-28-21(32)17-10-5-2-6-11-17/h1-6,8-11,18-19H,7,12-15H2,(H,28,32)(H,29,31)(H,30,33)(H,34,35)(H4,25,26,27)/t18-,19-/m0/s1. The third-order valence-electron chi connectivity index (χ3n) is 4.94. The van der Waals surface area contributed by atoms with Crippen LogP contribution < -0.4 is 27.4 Å². The van der Waals surface area contributed by atoms with Crippen molar-refractivity contribution in [3.05, 3.63) is 71.8 Å². The molecule has 11 heteroatoms. The molecule has 0 saturated carbocycles. The highest BCUT2D eigenvalue weighted by Crippen LogP contribution is 2.06. The molecule has 2 atom stereocenters. The number of hydrogen-bond acceptors (Lipinski definition) is 5. The van der Waals surface area contributed by atoms with E-state index in [1.807, 2.05) is 6.07 Å². The zero-order valence-corrected chi connectivity index (χ0v) is 19.1. The SMILES string of the molecule is NC(N)=NCCC[C@H](NC(=O)[C@H](Cc1ccccc1)NC(=O)CNC(=O)c1ccccc1)C(=O)O. The number of guanidine groups is 1. The number of carbonyl (C=O) groups is 4. The summed E-state index contributed by atoms with van der Waals surface area (Å²) in [5, 5.41) is 17.1. The summed E-state index contributed by atoms with van der Waals surface area (Å²) >= 11 is 0. The zero-order valence-electron chi connectivity index (χ0n) is 19.1. The molecule has 0 aliphatic rings. The van der Waals surface area contributed by atoms with Crippen LogP contribution in [0.25, 0.3) is 0 Å². The van der Waals surface area contributed by atoms with E-state index in [0.29, 0.717) is 12.0 Å². The number of amides is 3. The van der Waals surface area contributed by atoms with E-state index in [1.165, 1.54) is 0 Å². The number of nitrogens with one attached hydrogen (secondary N) is 3. The third-order valence-corrected chi connectivity index (χ3v) is 4.94. The molecule has 0 radical (unpaired) electrons. The van der Waals surface area contributed by atoms with Crippen LogP contribution in [0.2, 0.25) is 0 Å². The summed E-state index contributed by atoms with van der Waals surface area (Å²) in [4.78, 5) is 53.1. The molecule has 0 bridgehead atoms. The Bertz CT molecular complexity index is 1030. The molecule has 0 aliphatic heterocycles. The number of hydrogen-bond donors (Lipinski definition) is 6. The molecule has 0 spiro atoms. The molecule has 0 saturated heterocycles. The van der Waals surface area contributed by atoms with Crippen molar-refractivity contribution in [2.45, 2.75) is 31.3 Å². The van der Waals surface area contributed by atoms with Gasteiger partial charge in [0.05, 0.1) is 6.54 Å². The lowest BCUT2D eigenvalue weighted by Crippen LogP contribution is -2.54. The predicted molar refractivity (Wildman–Crippen MR) is 130 cm³/mol. The summed E-state index contributed by atoms with van der Waals surface area (Å²) in [5.41, 5.74) is 11.7. The number of benzene rings is 2. The number of nitrogens with zero attached hydrogens (tertiary/aromatic N) is 1. The van der Waals surface area contributed by atoms with E-state index in [1.54, 1.807) is 54.6 Å². The molecule has 11 nitrogen and oxygen atoms in total. The Hall–Kier alpha value is -4.41. The second kappa shape index (κ2) is 14.0. The summed E-state index contributed by atoms with van der Waals surface area (Å²) in [6, 6.07) is 15.1. The number of nitrogens with two attached hydrogens (primary N) is 2. The van der Waals surface area contributed by atoms with Gasteiger partial charge in [-0.2, -0.15) is 0 Å². The van der Waals surface area contributed by atoms with Gasteiger partial charge in [0.1, 0.15) is 12.1 Å². The summed E-state index contributed by atoms with van der Waals surface area (Å²) in [7, 11) is 0. The highest BCUT2D eigenvalue weighted by Gasteiger charge is 2.26. The average Bonchev–Trinajstić information content (AvgIpc) is 2.84. The Morgan fingerprint density at radius 2 is 1.51 bits per heavy atom. The maximum atomic E-state index is 13.0. The van der Waals surface area contributed by atoms with Crippen molar-refractivity contribution in [1.82, 2.24) is 16.0 Å². The maximum Gasteiger partial charge on any atom is 0.326 e.